The van der Waals surface area contributed by atoms with E-state index < -0.39 is 0 Å². The number of aryl methyl sites for hydroxylation is 1. The van der Waals surface area contributed by atoms with Crippen molar-refractivity contribution in [1.82, 2.24) is 0 Å². The van der Waals surface area contributed by atoms with Gasteiger partial charge < -0.3 is 0 Å². The van der Waals surface area contributed by atoms with Gasteiger partial charge in [0.15, 0.2) is 0 Å². The first-order valence-corrected chi connectivity index (χ1v) is 6.32. The van der Waals surface area contributed by atoms with Crippen LogP contribution >= 0.6 is 11.6 Å². The van der Waals surface area contributed by atoms with Gasteiger partial charge >= 0.3 is 0 Å². The lowest BCUT2D eigenvalue weighted by Crippen LogP contribution is -1.90. The van der Waals surface area contributed by atoms with Gasteiger partial charge in [0.2, 0.25) is 0 Å². The molecule has 0 fully saturated rings. The Labute approximate surface area is 108 Å². The monoisotopic (exact) mass is 244 g/mol. The topological polar surface area (TPSA) is 0 Å². The molecule has 0 amide bonds. The highest BCUT2D eigenvalue weighted by atomic mass is 35.5. The number of rotatable bonds is 2. The Kier molecular flexibility index (Phi) is 3.54. The van der Waals surface area contributed by atoms with Crippen molar-refractivity contribution in [2.24, 2.45) is 0 Å². The van der Waals surface area contributed by atoms with Gasteiger partial charge in [-0.25, -0.2) is 0 Å². The third-order valence-electron chi connectivity index (χ3n) is 3.07. The quantitative estimate of drug-likeness (QED) is 0.660. The molecule has 88 valence electrons. The summed E-state index contributed by atoms with van der Waals surface area (Å²) in [5, 5.41) is 0.783. The van der Waals surface area contributed by atoms with Gasteiger partial charge in [0.05, 0.1) is 0 Å². The summed E-state index contributed by atoms with van der Waals surface area (Å²) in [6.45, 7) is 6.60. The summed E-state index contributed by atoms with van der Waals surface area (Å²) in [6.07, 6.45) is 0. The van der Waals surface area contributed by atoms with E-state index >= 15 is 0 Å². The molecular formula is C16H17Cl. The van der Waals surface area contributed by atoms with Crippen LogP contribution in [-0.2, 0) is 0 Å². The maximum atomic E-state index is 5.91. The normalized spacial score (nSPS) is 10.9. The van der Waals surface area contributed by atoms with E-state index in [1.807, 2.05) is 12.1 Å². The molecule has 0 spiro atoms. The summed E-state index contributed by atoms with van der Waals surface area (Å²) >= 11 is 5.91. The fourth-order valence-corrected chi connectivity index (χ4v) is 2.13. The van der Waals surface area contributed by atoms with Crippen LogP contribution in [0.5, 0.6) is 0 Å². The van der Waals surface area contributed by atoms with Crippen LogP contribution in [0.25, 0.3) is 11.1 Å². The Balaban J connectivity index is 2.43. The lowest BCUT2D eigenvalue weighted by atomic mass is 9.94. The molecule has 2 aromatic rings. The SMILES string of the molecule is Cc1cc(C(C)C)ccc1-c1ccc(Cl)cc1. The largest absolute Gasteiger partial charge is 0.0843 e. The Morgan fingerprint density at radius 3 is 2.12 bits per heavy atom. The molecule has 0 saturated heterocycles. The van der Waals surface area contributed by atoms with Gasteiger partial charge in [0.1, 0.15) is 0 Å². The summed E-state index contributed by atoms with van der Waals surface area (Å²) in [4.78, 5) is 0. The van der Waals surface area contributed by atoms with Crippen molar-refractivity contribution in [3.05, 3.63) is 58.6 Å². The van der Waals surface area contributed by atoms with E-state index in [9.17, 15) is 0 Å². The van der Waals surface area contributed by atoms with Crippen molar-refractivity contribution < 1.29 is 0 Å². The van der Waals surface area contributed by atoms with E-state index in [0.717, 1.165) is 5.02 Å². The third-order valence-corrected chi connectivity index (χ3v) is 3.32. The third kappa shape index (κ3) is 2.70. The van der Waals surface area contributed by atoms with Gasteiger partial charge in [-0.1, -0.05) is 55.8 Å². The molecule has 0 aliphatic heterocycles. The maximum Gasteiger partial charge on any atom is 0.0406 e. The van der Waals surface area contributed by atoms with E-state index in [0.29, 0.717) is 5.92 Å². The van der Waals surface area contributed by atoms with E-state index in [1.54, 1.807) is 0 Å². The van der Waals surface area contributed by atoms with Crippen LogP contribution in [-0.4, -0.2) is 0 Å². The minimum atomic E-state index is 0.577. The molecule has 0 heterocycles. The van der Waals surface area contributed by atoms with E-state index in [-0.39, 0.29) is 0 Å². The van der Waals surface area contributed by atoms with Crippen LogP contribution in [0.1, 0.15) is 30.9 Å². The van der Waals surface area contributed by atoms with Crippen molar-refractivity contribution in [3.8, 4) is 11.1 Å². The van der Waals surface area contributed by atoms with Crippen LogP contribution in [0.2, 0.25) is 5.02 Å². The number of halogens is 1. The molecule has 0 aromatic heterocycles. The standard InChI is InChI=1S/C16H17Cl/c1-11(2)14-6-9-16(12(3)10-14)13-4-7-15(17)8-5-13/h4-11H,1-3H3. The predicted octanol–water partition coefficient (Wildman–Crippen LogP) is 5.44. The summed E-state index contributed by atoms with van der Waals surface area (Å²) < 4.78 is 0. The highest BCUT2D eigenvalue weighted by molar-refractivity contribution is 6.30. The van der Waals surface area contributed by atoms with Gasteiger partial charge in [-0.15, -0.1) is 0 Å². The van der Waals surface area contributed by atoms with Gasteiger partial charge in [-0.05, 0) is 47.2 Å². The molecule has 0 aliphatic carbocycles. The van der Waals surface area contributed by atoms with Crippen molar-refractivity contribution in [1.29, 1.82) is 0 Å². The van der Waals surface area contributed by atoms with Crippen molar-refractivity contribution in [2.75, 3.05) is 0 Å². The average molecular weight is 245 g/mol. The van der Waals surface area contributed by atoms with Crippen molar-refractivity contribution >= 4 is 11.6 Å². The molecule has 2 aromatic carbocycles. The smallest absolute Gasteiger partial charge is 0.0406 e. The van der Waals surface area contributed by atoms with Crippen LogP contribution in [0.15, 0.2) is 42.5 Å². The number of hydrogen-bond acceptors (Lipinski definition) is 0. The lowest BCUT2D eigenvalue weighted by molar-refractivity contribution is 0.865. The van der Waals surface area contributed by atoms with Gasteiger partial charge in [-0.3, -0.25) is 0 Å². The van der Waals surface area contributed by atoms with Crippen LogP contribution in [0, 0.1) is 6.92 Å². The molecule has 0 nitrogen and oxygen atoms in total. The molecule has 1 heteroatoms. The molecule has 0 saturated carbocycles. The zero-order valence-corrected chi connectivity index (χ0v) is 11.3. The Bertz CT molecular complexity index is 510. The first-order chi connectivity index (χ1) is 8.08. The van der Waals surface area contributed by atoms with Crippen LogP contribution in [0.4, 0.5) is 0 Å². The minimum Gasteiger partial charge on any atom is -0.0843 e. The molecular weight excluding hydrogens is 228 g/mol. The minimum absolute atomic E-state index is 0.577. The molecule has 0 atom stereocenters. The summed E-state index contributed by atoms with van der Waals surface area (Å²) in [7, 11) is 0. The van der Waals surface area contributed by atoms with Crippen LogP contribution < -0.4 is 0 Å². The Hall–Kier alpha value is -1.27. The predicted molar refractivity (Wildman–Crippen MR) is 75.7 cm³/mol. The van der Waals surface area contributed by atoms with Crippen molar-refractivity contribution in [3.63, 3.8) is 0 Å². The Morgan fingerprint density at radius 2 is 1.59 bits per heavy atom. The second kappa shape index (κ2) is 4.93. The summed E-state index contributed by atoms with van der Waals surface area (Å²) in [5.74, 6) is 0.577. The highest BCUT2D eigenvalue weighted by Gasteiger charge is 2.05. The first-order valence-electron chi connectivity index (χ1n) is 5.94. The van der Waals surface area contributed by atoms with E-state index in [4.69, 9.17) is 11.6 Å². The van der Waals surface area contributed by atoms with Crippen molar-refractivity contribution in [2.45, 2.75) is 26.7 Å². The molecule has 0 aliphatic rings. The average Bonchev–Trinajstić information content (AvgIpc) is 2.30. The highest BCUT2D eigenvalue weighted by Crippen LogP contribution is 2.27. The molecule has 0 unspecified atom stereocenters. The second-order valence-corrected chi connectivity index (χ2v) is 5.17. The molecule has 0 radical (unpaired) electrons. The zero-order valence-electron chi connectivity index (χ0n) is 10.5. The fourth-order valence-electron chi connectivity index (χ4n) is 2.00. The number of benzene rings is 2. The van der Waals surface area contributed by atoms with Gasteiger partial charge in [0, 0.05) is 5.02 Å². The number of hydrogen-bond donors (Lipinski definition) is 0. The molecule has 0 bridgehead atoms. The Morgan fingerprint density at radius 1 is 0.941 bits per heavy atom. The second-order valence-electron chi connectivity index (χ2n) is 4.74. The molecule has 2 rings (SSSR count). The molecule has 17 heavy (non-hydrogen) atoms. The maximum absolute atomic E-state index is 5.91. The first kappa shape index (κ1) is 12.2. The lowest BCUT2D eigenvalue weighted by Gasteiger charge is -2.11. The van der Waals surface area contributed by atoms with Crippen LogP contribution in [0.3, 0.4) is 0 Å². The van der Waals surface area contributed by atoms with Gasteiger partial charge in [-0.2, -0.15) is 0 Å². The molecule has 0 N–H and O–H groups in total. The fraction of sp³-hybridized carbons (Fsp3) is 0.250. The summed E-state index contributed by atoms with van der Waals surface area (Å²) in [5.41, 5.74) is 5.21. The van der Waals surface area contributed by atoms with Gasteiger partial charge in [0.25, 0.3) is 0 Å². The summed E-state index contributed by atoms with van der Waals surface area (Å²) in [6, 6.07) is 14.7. The van der Waals surface area contributed by atoms with E-state index in [1.165, 1.54) is 22.3 Å². The zero-order chi connectivity index (χ0) is 12.4. The van der Waals surface area contributed by atoms with E-state index in [2.05, 4.69) is 51.1 Å².